The van der Waals surface area contributed by atoms with Crippen LogP contribution in [0, 0.1) is 0 Å². The summed E-state index contributed by atoms with van der Waals surface area (Å²) in [5.41, 5.74) is 2.89. The molecule has 2 rings (SSSR count). The lowest BCUT2D eigenvalue weighted by molar-refractivity contribution is -0.136. The molecule has 1 aromatic carbocycles. The van der Waals surface area contributed by atoms with Gasteiger partial charge in [-0.15, -0.1) is 0 Å². The lowest BCUT2D eigenvalue weighted by Gasteiger charge is -2.26. The SMILES string of the molecule is CC1=CCCN(C(=O)Nc2ccc(CCC(=O)O)cc2)C1. The van der Waals surface area contributed by atoms with Gasteiger partial charge in [-0.1, -0.05) is 23.8 Å². The van der Waals surface area contributed by atoms with Crippen LogP contribution in [0.2, 0.25) is 0 Å². The van der Waals surface area contributed by atoms with Crippen molar-refractivity contribution < 1.29 is 14.7 Å². The molecule has 1 aliphatic rings. The highest BCUT2D eigenvalue weighted by Crippen LogP contribution is 2.14. The molecular formula is C16H20N2O3. The average Bonchev–Trinajstić information content (AvgIpc) is 2.46. The number of amides is 2. The standard InChI is InChI=1S/C16H20N2O3/c1-12-3-2-10-18(11-12)16(21)17-14-7-4-13(5-8-14)6-9-15(19)20/h3-5,7-8H,2,6,9-11H2,1H3,(H,17,21)(H,19,20). The molecule has 1 heterocycles. The number of nitrogens with zero attached hydrogens (tertiary/aromatic N) is 1. The maximum absolute atomic E-state index is 12.1. The number of hydrogen-bond donors (Lipinski definition) is 2. The Balaban J connectivity index is 1.89. The molecule has 0 radical (unpaired) electrons. The molecule has 5 heteroatoms. The number of anilines is 1. The van der Waals surface area contributed by atoms with Gasteiger partial charge in [-0.25, -0.2) is 4.79 Å². The second-order valence-electron chi connectivity index (χ2n) is 5.28. The van der Waals surface area contributed by atoms with Crippen molar-refractivity contribution in [3.05, 3.63) is 41.5 Å². The van der Waals surface area contributed by atoms with E-state index in [2.05, 4.69) is 11.4 Å². The Bertz CT molecular complexity index is 549. The molecule has 0 spiro atoms. The third-order valence-corrected chi connectivity index (χ3v) is 3.45. The first-order chi connectivity index (χ1) is 10.0. The first-order valence-electron chi connectivity index (χ1n) is 7.07. The Kier molecular flexibility index (Phi) is 4.98. The third kappa shape index (κ3) is 4.63. The van der Waals surface area contributed by atoms with Gasteiger partial charge in [-0.3, -0.25) is 4.79 Å². The summed E-state index contributed by atoms with van der Waals surface area (Å²) in [6.07, 6.45) is 3.67. The predicted octanol–water partition coefficient (Wildman–Crippen LogP) is 2.89. The Morgan fingerprint density at radius 3 is 2.62 bits per heavy atom. The maximum Gasteiger partial charge on any atom is 0.322 e. The van der Waals surface area contributed by atoms with Crippen LogP contribution in [-0.4, -0.2) is 35.1 Å². The smallest absolute Gasteiger partial charge is 0.322 e. The molecule has 0 saturated carbocycles. The highest BCUT2D eigenvalue weighted by atomic mass is 16.4. The number of aryl methyl sites for hydroxylation is 1. The van der Waals surface area contributed by atoms with E-state index in [4.69, 9.17) is 5.11 Å². The van der Waals surface area contributed by atoms with Crippen molar-refractivity contribution >= 4 is 17.7 Å². The quantitative estimate of drug-likeness (QED) is 0.837. The first-order valence-corrected chi connectivity index (χ1v) is 7.07. The van der Waals surface area contributed by atoms with Crippen molar-refractivity contribution in [2.24, 2.45) is 0 Å². The van der Waals surface area contributed by atoms with E-state index >= 15 is 0 Å². The van der Waals surface area contributed by atoms with Gasteiger partial charge in [-0.2, -0.15) is 0 Å². The summed E-state index contributed by atoms with van der Waals surface area (Å²) >= 11 is 0. The molecular weight excluding hydrogens is 268 g/mol. The van der Waals surface area contributed by atoms with Crippen molar-refractivity contribution in [1.29, 1.82) is 0 Å². The lowest BCUT2D eigenvalue weighted by atomic mass is 10.1. The summed E-state index contributed by atoms with van der Waals surface area (Å²) < 4.78 is 0. The summed E-state index contributed by atoms with van der Waals surface area (Å²) in [6, 6.07) is 7.21. The normalized spacial score (nSPS) is 14.5. The van der Waals surface area contributed by atoms with E-state index in [9.17, 15) is 9.59 Å². The topological polar surface area (TPSA) is 69.6 Å². The van der Waals surface area contributed by atoms with Gasteiger partial charge in [0, 0.05) is 25.2 Å². The van der Waals surface area contributed by atoms with Crippen molar-refractivity contribution in [3.8, 4) is 0 Å². The number of carboxylic acid groups (broad SMARTS) is 1. The highest BCUT2D eigenvalue weighted by Gasteiger charge is 2.16. The predicted molar refractivity (Wildman–Crippen MR) is 81.4 cm³/mol. The molecule has 0 atom stereocenters. The van der Waals surface area contributed by atoms with Gasteiger partial charge in [0.1, 0.15) is 0 Å². The monoisotopic (exact) mass is 288 g/mol. The van der Waals surface area contributed by atoms with Crippen molar-refractivity contribution in [2.45, 2.75) is 26.2 Å². The van der Waals surface area contributed by atoms with Gasteiger partial charge in [0.2, 0.25) is 0 Å². The molecule has 112 valence electrons. The number of carbonyl (C=O) groups excluding carboxylic acids is 1. The summed E-state index contributed by atoms with van der Waals surface area (Å²) in [5.74, 6) is -0.805. The van der Waals surface area contributed by atoms with Gasteiger partial charge in [0.15, 0.2) is 0 Å². The zero-order chi connectivity index (χ0) is 15.2. The van der Waals surface area contributed by atoms with Gasteiger partial charge in [0.25, 0.3) is 0 Å². The number of hydrogen-bond acceptors (Lipinski definition) is 2. The molecule has 1 aromatic rings. The number of nitrogens with one attached hydrogen (secondary N) is 1. The van der Waals surface area contributed by atoms with E-state index in [1.165, 1.54) is 5.57 Å². The second kappa shape index (κ2) is 6.92. The fourth-order valence-electron chi connectivity index (χ4n) is 2.29. The first kappa shape index (κ1) is 15.1. The van der Waals surface area contributed by atoms with Crippen molar-refractivity contribution in [2.75, 3.05) is 18.4 Å². The van der Waals surface area contributed by atoms with Crippen LogP contribution in [0.3, 0.4) is 0 Å². The lowest BCUT2D eigenvalue weighted by Crippen LogP contribution is -2.38. The number of aliphatic carboxylic acids is 1. The van der Waals surface area contributed by atoms with Gasteiger partial charge in [0.05, 0.1) is 0 Å². The van der Waals surface area contributed by atoms with Crippen LogP contribution in [0.1, 0.15) is 25.3 Å². The zero-order valence-corrected chi connectivity index (χ0v) is 12.1. The molecule has 0 fully saturated rings. The van der Waals surface area contributed by atoms with Crippen LogP contribution in [-0.2, 0) is 11.2 Å². The van der Waals surface area contributed by atoms with Gasteiger partial charge in [-0.05, 0) is 37.5 Å². The van der Waals surface area contributed by atoms with E-state index in [0.29, 0.717) is 13.0 Å². The molecule has 21 heavy (non-hydrogen) atoms. The minimum Gasteiger partial charge on any atom is -0.481 e. The molecule has 2 amide bonds. The number of rotatable bonds is 4. The van der Waals surface area contributed by atoms with Crippen molar-refractivity contribution in [3.63, 3.8) is 0 Å². The number of benzene rings is 1. The van der Waals surface area contributed by atoms with Crippen LogP contribution < -0.4 is 5.32 Å². The van der Waals surface area contributed by atoms with E-state index in [0.717, 1.165) is 24.2 Å². The number of carboxylic acids is 1. The zero-order valence-electron chi connectivity index (χ0n) is 12.1. The average molecular weight is 288 g/mol. The third-order valence-electron chi connectivity index (χ3n) is 3.45. The van der Waals surface area contributed by atoms with Crippen LogP contribution in [0.4, 0.5) is 10.5 Å². The largest absolute Gasteiger partial charge is 0.481 e. The summed E-state index contributed by atoms with van der Waals surface area (Å²) in [4.78, 5) is 24.4. The second-order valence-corrected chi connectivity index (χ2v) is 5.28. The number of urea groups is 1. The van der Waals surface area contributed by atoms with E-state index < -0.39 is 5.97 Å². The molecule has 0 aromatic heterocycles. The molecule has 0 saturated heterocycles. The minimum absolute atomic E-state index is 0.0965. The Hall–Kier alpha value is -2.30. The Labute approximate surface area is 124 Å². The fourth-order valence-corrected chi connectivity index (χ4v) is 2.29. The number of carbonyl (C=O) groups is 2. The highest BCUT2D eigenvalue weighted by molar-refractivity contribution is 5.89. The van der Waals surface area contributed by atoms with E-state index in [-0.39, 0.29) is 12.5 Å². The van der Waals surface area contributed by atoms with Crippen LogP contribution in [0.15, 0.2) is 35.9 Å². The molecule has 2 N–H and O–H groups in total. The van der Waals surface area contributed by atoms with E-state index in [1.54, 1.807) is 4.90 Å². The minimum atomic E-state index is -0.805. The molecule has 0 unspecified atom stereocenters. The molecule has 5 nitrogen and oxygen atoms in total. The van der Waals surface area contributed by atoms with Crippen LogP contribution >= 0.6 is 0 Å². The molecule has 1 aliphatic heterocycles. The summed E-state index contributed by atoms with van der Waals surface area (Å²) in [6.45, 7) is 3.43. The molecule has 0 bridgehead atoms. The van der Waals surface area contributed by atoms with Gasteiger partial charge < -0.3 is 15.3 Å². The fraction of sp³-hybridized carbons (Fsp3) is 0.375. The van der Waals surface area contributed by atoms with Crippen molar-refractivity contribution in [1.82, 2.24) is 4.90 Å². The summed E-state index contributed by atoms with van der Waals surface area (Å²) in [5, 5.41) is 11.5. The molecule has 0 aliphatic carbocycles. The Morgan fingerprint density at radius 1 is 1.29 bits per heavy atom. The van der Waals surface area contributed by atoms with Crippen LogP contribution in [0.5, 0.6) is 0 Å². The summed E-state index contributed by atoms with van der Waals surface area (Å²) in [7, 11) is 0. The van der Waals surface area contributed by atoms with Crippen LogP contribution in [0.25, 0.3) is 0 Å². The van der Waals surface area contributed by atoms with E-state index in [1.807, 2.05) is 31.2 Å². The van der Waals surface area contributed by atoms with Gasteiger partial charge >= 0.3 is 12.0 Å². The Morgan fingerprint density at radius 2 is 2.00 bits per heavy atom. The maximum atomic E-state index is 12.1.